The van der Waals surface area contributed by atoms with Crippen molar-refractivity contribution in [1.82, 2.24) is 19.9 Å². The van der Waals surface area contributed by atoms with Gasteiger partial charge >= 0.3 is 16.3 Å². The molecule has 2 heterocycles. The predicted molar refractivity (Wildman–Crippen MR) is 89.2 cm³/mol. The number of aromatic nitrogens is 1. The molecule has 1 aliphatic rings. The molecule has 0 radical (unpaired) electrons. The van der Waals surface area contributed by atoms with Crippen LogP contribution in [0.4, 0.5) is 5.13 Å². The van der Waals surface area contributed by atoms with Crippen LogP contribution in [0.3, 0.4) is 0 Å². The third-order valence-corrected chi connectivity index (χ3v) is 5.08. The number of β-lactam (4-membered cyclic amide) rings is 1. The van der Waals surface area contributed by atoms with E-state index in [9.17, 15) is 27.6 Å². The van der Waals surface area contributed by atoms with Crippen LogP contribution in [0.5, 0.6) is 0 Å². The Labute approximate surface area is 156 Å². The van der Waals surface area contributed by atoms with E-state index in [0.717, 1.165) is 25.4 Å². The quantitative estimate of drug-likeness (QED) is 0.218. The molecule has 1 aromatic rings. The van der Waals surface area contributed by atoms with E-state index >= 15 is 0 Å². The second kappa shape index (κ2) is 7.45. The van der Waals surface area contributed by atoms with Crippen LogP contribution in [-0.2, 0) is 34.2 Å². The number of esters is 1. The summed E-state index contributed by atoms with van der Waals surface area (Å²) < 4.78 is 35.8. The van der Waals surface area contributed by atoms with Crippen molar-refractivity contribution in [3.8, 4) is 0 Å². The van der Waals surface area contributed by atoms with Crippen molar-refractivity contribution in [2.75, 3.05) is 12.8 Å². The van der Waals surface area contributed by atoms with Crippen LogP contribution in [-0.4, -0.2) is 65.1 Å². The van der Waals surface area contributed by atoms with E-state index in [-0.39, 0.29) is 15.1 Å². The van der Waals surface area contributed by atoms with E-state index in [4.69, 9.17) is 10.3 Å². The predicted octanol–water partition coefficient (Wildman–Crippen LogP) is -2.43. The van der Waals surface area contributed by atoms with Gasteiger partial charge in [-0.15, -0.1) is 11.3 Å². The zero-order valence-corrected chi connectivity index (χ0v) is 15.5. The standard InChI is InChI=1S/C12H15N5O8S2/c1-4(18)14-6(5-3-26-12(13)15-5)9(19)16-7-8(11(21)25-2)17(10(7)20)27(22,23)24/h3,6-8H,1-2H3,(H2,13,15)(H,14,18)(H,16,19)(H,22,23,24). The summed E-state index contributed by atoms with van der Waals surface area (Å²) in [5.41, 5.74) is 5.58. The highest BCUT2D eigenvalue weighted by atomic mass is 32.2. The first kappa shape index (κ1) is 20.5. The number of hydrogen-bond acceptors (Lipinski definition) is 10. The molecule has 0 saturated carbocycles. The Bertz CT molecular complexity index is 897. The van der Waals surface area contributed by atoms with Crippen LogP contribution in [0.1, 0.15) is 18.7 Å². The van der Waals surface area contributed by atoms with Gasteiger partial charge < -0.3 is 21.1 Å². The molecule has 0 spiro atoms. The van der Waals surface area contributed by atoms with E-state index in [1.54, 1.807) is 0 Å². The van der Waals surface area contributed by atoms with E-state index in [2.05, 4.69) is 20.4 Å². The summed E-state index contributed by atoms with van der Waals surface area (Å²) in [5, 5.41) is 5.98. The van der Waals surface area contributed by atoms with Crippen LogP contribution in [0.15, 0.2) is 5.38 Å². The fourth-order valence-corrected chi connectivity index (χ4v) is 3.78. The molecule has 15 heteroatoms. The van der Waals surface area contributed by atoms with Crippen LogP contribution < -0.4 is 16.4 Å². The second-order valence-electron chi connectivity index (χ2n) is 5.31. The van der Waals surface area contributed by atoms with Crippen LogP contribution in [0, 0.1) is 0 Å². The van der Waals surface area contributed by atoms with E-state index in [1.165, 1.54) is 5.38 Å². The highest BCUT2D eigenvalue weighted by molar-refractivity contribution is 7.84. The molecule has 1 aliphatic heterocycles. The lowest BCUT2D eigenvalue weighted by Gasteiger charge is -2.42. The molecule has 1 fully saturated rings. The van der Waals surface area contributed by atoms with Crippen molar-refractivity contribution in [3.05, 3.63) is 11.1 Å². The van der Waals surface area contributed by atoms with Gasteiger partial charge in [-0.1, -0.05) is 0 Å². The van der Waals surface area contributed by atoms with Gasteiger partial charge in [0, 0.05) is 12.3 Å². The highest BCUT2D eigenvalue weighted by Gasteiger charge is 2.58. The summed E-state index contributed by atoms with van der Waals surface area (Å²) >= 11 is 1.00. The van der Waals surface area contributed by atoms with Gasteiger partial charge in [0.2, 0.25) is 11.8 Å². The number of rotatable bonds is 6. The van der Waals surface area contributed by atoms with Gasteiger partial charge in [0.15, 0.2) is 17.2 Å². The van der Waals surface area contributed by atoms with Crippen LogP contribution in [0.25, 0.3) is 0 Å². The number of amides is 3. The van der Waals surface area contributed by atoms with Crippen molar-refractivity contribution in [1.29, 1.82) is 0 Å². The number of nitrogens with zero attached hydrogens (tertiary/aromatic N) is 2. The number of nitrogen functional groups attached to an aromatic ring is 1. The molecule has 13 nitrogen and oxygen atoms in total. The zero-order valence-electron chi connectivity index (χ0n) is 13.9. The Morgan fingerprint density at radius 2 is 2.07 bits per heavy atom. The Morgan fingerprint density at radius 3 is 2.52 bits per heavy atom. The molecule has 1 saturated heterocycles. The molecule has 27 heavy (non-hydrogen) atoms. The van der Waals surface area contributed by atoms with Gasteiger partial charge in [-0.3, -0.25) is 18.9 Å². The molecule has 148 valence electrons. The Balaban J connectivity index is 2.26. The number of anilines is 1. The average molecular weight is 421 g/mol. The topological polar surface area (TPSA) is 198 Å². The second-order valence-corrected chi connectivity index (χ2v) is 7.49. The number of nitrogens with one attached hydrogen (secondary N) is 2. The summed E-state index contributed by atoms with van der Waals surface area (Å²) in [4.78, 5) is 51.5. The molecule has 0 aromatic carbocycles. The first-order valence-corrected chi connectivity index (χ1v) is 9.42. The first-order valence-electron chi connectivity index (χ1n) is 7.14. The maximum atomic E-state index is 12.5. The lowest BCUT2D eigenvalue weighted by molar-refractivity contribution is -0.162. The van der Waals surface area contributed by atoms with E-state index in [1.807, 2.05) is 0 Å². The van der Waals surface area contributed by atoms with Crippen molar-refractivity contribution in [2.45, 2.75) is 25.0 Å². The van der Waals surface area contributed by atoms with Gasteiger partial charge in [0.25, 0.3) is 5.91 Å². The zero-order chi connectivity index (χ0) is 20.5. The fourth-order valence-electron chi connectivity index (χ4n) is 2.36. The van der Waals surface area contributed by atoms with E-state index < -0.39 is 52.1 Å². The van der Waals surface area contributed by atoms with Gasteiger partial charge in [-0.05, 0) is 0 Å². The van der Waals surface area contributed by atoms with Gasteiger partial charge in [-0.25, -0.2) is 9.78 Å². The van der Waals surface area contributed by atoms with Gasteiger partial charge in [-0.2, -0.15) is 12.7 Å². The monoisotopic (exact) mass is 421 g/mol. The highest BCUT2D eigenvalue weighted by Crippen LogP contribution is 2.26. The Hall–Kier alpha value is -2.78. The maximum Gasteiger partial charge on any atom is 0.363 e. The normalized spacial score (nSPS) is 20.4. The smallest absolute Gasteiger partial charge is 0.363 e. The van der Waals surface area contributed by atoms with Crippen LogP contribution >= 0.6 is 11.3 Å². The minimum absolute atomic E-state index is 0.0817. The lowest BCUT2D eigenvalue weighted by Crippen LogP contribution is -2.75. The summed E-state index contributed by atoms with van der Waals surface area (Å²) in [7, 11) is -4.11. The van der Waals surface area contributed by atoms with Gasteiger partial charge in [0.1, 0.15) is 6.04 Å². The minimum atomic E-state index is -5.04. The molecule has 0 aliphatic carbocycles. The Morgan fingerprint density at radius 1 is 1.44 bits per heavy atom. The number of thiazole rings is 1. The number of ether oxygens (including phenoxy) is 1. The summed E-state index contributed by atoms with van der Waals surface area (Å²) in [5.74, 6) is -3.96. The van der Waals surface area contributed by atoms with Crippen molar-refractivity contribution in [3.63, 3.8) is 0 Å². The van der Waals surface area contributed by atoms with Crippen molar-refractivity contribution >= 4 is 50.5 Å². The molecule has 2 rings (SSSR count). The molecule has 0 bridgehead atoms. The fraction of sp³-hybridized carbons (Fsp3) is 0.417. The van der Waals surface area contributed by atoms with Crippen molar-refractivity contribution < 1.29 is 36.9 Å². The van der Waals surface area contributed by atoms with Gasteiger partial charge in [0.05, 0.1) is 12.8 Å². The molecule has 5 N–H and O–H groups in total. The molecule has 3 amide bonds. The average Bonchev–Trinajstić information content (AvgIpc) is 2.98. The number of nitrogens with two attached hydrogens (primary N) is 1. The first-order chi connectivity index (χ1) is 12.5. The number of hydrogen-bond donors (Lipinski definition) is 4. The summed E-state index contributed by atoms with van der Waals surface area (Å²) in [6.45, 7) is 1.14. The number of methoxy groups -OCH3 is 1. The van der Waals surface area contributed by atoms with Crippen LogP contribution in [0.2, 0.25) is 0 Å². The number of carbonyl (C=O) groups excluding carboxylic acids is 4. The largest absolute Gasteiger partial charge is 0.467 e. The maximum absolute atomic E-state index is 12.5. The third kappa shape index (κ3) is 4.15. The van der Waals surface area contributed by atoms with E-state index in [0.29, 0.717) is 0 Å². The molecule has 3 unspecified atom stereocenters. The molecule has 3 atom stereocenters. The third-order valence-electron chi connectivity index (χ3n) is 3.49. The number of carbonyl (C=O) groups is 4. The minimum Gasteiger partial charge on any atom is -0.467 e. The molecular weight excluding hydrogens is 406 g/mol. The summed E-state index contributed by atoms with van der Waals surface area (Å²) in [6, 6.07) is -4.76. The Kier molecular flexibility index (Phi) is 5.67. The molecular formula is C12H15N5O8S2. The van der Waals surface area contributed by atoms with Crippen molar-refractivity contribution in [2.24, 2.45) is 0 Å². The SMILES string of the molecule is COC(=O)C1C(NC(=O)C(NC(C)=O)c2csc(N)n2)C(=O)N1S(=O)(=O)O. The molecule has 1 aromatic heterocycles. The lowest BCUT2D eigenvalue weighted by atomic mass is 9.98. The summed E-state index contributed by atoms with van der Waals surface area (Å²) in [6.07, 6.45) is 0.